The molecule has 3 heteroatoms. The van der Waals surface area contributed by atoms with Gasteiger partial charge in [0.1, 0.15) is 0 Å². The molecule has 0 unspecified atom stereocenters. The monoisotopic (exact) mass is 606 g/mol. The highest BCUT2D eigenvalue weighted by Crippen LogP contribution is 2.48. The highest BCUT2D eigenvalue weighted by atomic mass is 35.5. The zero-order valence-corrected chi connectivity index (χ0v) is 27.4. The number of hydrogen-bond donors (Lipinski definition) is 0. The van der Waals surface area contributed by atoms with Crippen molar-refractivity contribution in [1.29, 1.82) is 0 Å². The summed E-state index contributed by atoms with van der Waals surface area (Å²) in [5.41, 5.74) is 12.1. The van der Waals surface area contributed by atoms with E-state index < -0.39 is 0 Å². The molecular weight excluding hydrogens is 568 g/mol. The molecule has 6 aromatic carbocycles. The lowest BCUT2D eigenvalue weighted by molar-refractivity contribution is 0.590. The molecule has 0 spiro atoms. The summed E-state index contributed by atoms with van der Waals surface area (Å²) < 4.78 is 0. The summed E-state index contributed by atoms with van der Waals surface area (Å²) in [6, 6.07) is 51.5. The van der Waals surface area contributed by atoms with Crippen molar-refractivity contribution in [3.05, 3.63) is 167 Å². The van der Waals surface area contributed by atoms with Gasteiger partial charge in [-0.1, -0.05) is 134 Å². The number of anilines is 6. The summed E-state index contributed by atoms with van der Waals surface area (Å²) in [7, 11) is 0. The summed E-state index contributed by atoms with van der Waals surface area (Å²) in [6.07, 6.45) is 0. The quantitative estimate of drug-likeness (QED) is 0.178. The van der Waals surface area contributed by atoms with Gasteiger partial charge in [0.2, 0.25) is 0 Å². The topological polar surface area (TPSA) is 6.48 Å². The van der Waals surface area contributed by atoms with Crippen LogP contribution in [-0.2, 0) is 5.41 Å². The van der Waals surface area contributed by atoms with E-state index in [-0.39, 0.29) is 5.41 Å². The Bertz CT molecular complexity index is 1890. The Hall–Kier alpha value is -4.79. The fourth-order valence-electron chi connectivity index (χ4n) is 5.72. The lowest BCUT2D eigenvalue weighted by Gasteiger charge is -2.32. The number of hydrogen-bond acceptors (Lipinski definition) is 2. The maximum Gasteiger partial charge on any atom is 0.0887 e. The second kappa shape index (κ2) is 12.7. The van der Waals surface area contributed by atoms with E-state index in [9.17, 15) is 0 Å². The van der Waals surface area contributed by atoms with Crippen LogP contribution >= 0.6 is 11.6 Å². The second-order valence-corrected chi connectivity index (χ2v) is 13.0. The standard InChI is InChI=1S/C42H39ClN2/c1-30-18-24-34(25-19-30)44(35-28-22-33(23-29-35)42(3,4)5)39-16-11-17-40(41(39)43)45(36-26-20-31(2)21-27-36)38-15-10-9-14-37(38)32-12-7-6-8-13-32/h6-29H,1-5H3. The zero-order valence-electron chi connectivity index (χ0n) is 26.6. The van der Waals surface area contributed by atoms with Crippen LogP contribution in [-0.4, -0.2) is 0 Å². The Morgan fingerprint density at radius 3 is 1.44 bits per heavy atom. The summed E-state index contributed by atoms with van der Waals surface area (Å²) in [4.78, 5) is 4.54. The van der Waals surface area contributed by atoms with E-state index in [1.165, 1.54) is 16.7 Å². The average molecular weight is 607 g/mol. The van der Waals surface area contributed by atoms with E-state index in [0.717, 1.165) is 45.3 Å². The summed E-state index contributed by atoms with van der Waals surface area (Å²) in [6.45, 7) is 11.0. The lowest BCUT2D eigenvalue weighted by atomic mass is 9.87. The fraction of sp³-hybridized carbons (Fsp3) is 0.143. The smallest absolute Gasteiger partial charge is 0.0887 e. The molecule has 0 atom stereocenters. The van der Waals surface area contributed by atoms with Gasteiger partial charge in [0.25, 0.3) is 0 Å². The third-order valence-corrected chi connectivity index (χ3v) is 8.63. The predicted octanol–water partition coefficient (Wildman–Crippen LogP) is 12.9. The van der Waals surface area contributed by atoms with Crippen LogP contribution in [0.3, 0.4) is 0 Å². The highest BCUT2D eigenvalue weighted by molar-refractivity contribution is 6.36. The molecule has 6 rings (SSSR count). The summed E-state index contributed by atoms with van der Waals surface area (Å²) >= 11 is 7.58. The van der Waals surface area contributed by atoms with Crippen molar-refractivity contribution in [3.8, 4) is 11.1 Å². The highest BCUT2D eigenvalue weighted by Gasteiger charge is 2.24. The van der Waals surface area contributed by atoms with Crippen molar-refractivity contribution in [2.45, 2.75) is 40.0 Å². The molecule has 0 aliphatic carbocycles. The van der Waals surface area contributed by atoms with Crippen LogP contribution in [0, 0.1) is 13.8 Å². The minimum atomic E-state index is 0.0610. The molecule has 6 aromatic rings. The lowest BCUT2D eigenvalue weighted by Crippen LogP contribution is -2.15. The van der Waals surface area contributed by atoms with Gasteiger partial charge in [0.15, 0.2) is 0 Å². The van der Waals surface area contributed by atoms with Crippen molar-refractivity contribution in [1.82, 2.24) is 0 Å². The van der Waals surface area contributed by atoms with Crippen LogP contribution in [0.2, 0.25) is 5.02 Å². The number of rotatable bonds is 7. The number of benzene rings is 6. The molecule has 0 saturated carbocycles. The molecule has 45 heavy (non-hydrogen) atoms. The van der Waals surface area contributed by atoms with Crippen molar-refractivity contribution in [3.63, 3.8) is 0 Å². The van der Waals surface area contributed by atoms with Crippen LogP contribution in [0.25, 0.3) is 11.1 Å². The predicted molar refractivity (Wildman–Crippen MR) is 194 cm³/mol. The van der Waals surface area contributed by atoms with Gasteiger partial charge < -0.3 is 9.80 Å². The molecule has 0 radical (unpaired) electrons. The van der Waals surface area contributed by atoms with E-state index in [4.69, 9.17) is 11.6 Å². The fourth-order valence-corrected chi connectivity index (χ4v) is 6.01. The molecule has 0 heterocycles. The Labute approximate surface area is 273 Å². The van der Waals surface area contributed by atoms with E-state index >= 15 is 0 Å². The second-order valence-electron chi connectivity index (χ2n) is 12.6. The Balaban J connectivity index is 1.56. The average Bonchev–Trinajstić information content (AvgIpc) is 3.05. The van der Waals surface area contributed by atoms with Gasteiger partial charge in [0, 0.05) is 22.6 Å². The molecule has 224 valence electrons. The van der Waals surface area contributed by atoms with Gasteiger partial charge in [-0.05, 0) is 85.0 Å². The molecule has 0 aliphatic rings. The van der Waals surface area contributed by atoms with Crippen molar-refractivity contribution >= 4 is 45.7 Å². The minimum Gasteiger partial charge on any atom is -0.309 e. The van der Waals surface area contributed by atoms with E-state index in [0.29, 0.717) is 5.02 Å². The number of aryl methyl sites for hydroxylation is 2. The number of para-hydroxylation sites is 1. The molecule has 0 saturated heterocycles. The van der Waals surface area contributed by atoms with Gasteiger partial charge in [-0.2, -0.15) is 0 Å². The van der Waals surface area contributed by atoms with E-state index in [2.05, 4.69) is 190 Å². The first-order valence-corrected chi connectivity index (χ1v) is 15.9. The zero-order chi connectivity index (χ0) is 31.6. The Kier molecular flexibility index (Phi) is 8.52. The van der Waals surface area contributed by atoms with Crippen LogP contribution in [0.5, 0.6) is 0 Å². The molecule has 0 N–H and O–H groups in total. The van der Waals surface area contributed by atoms with E-state index in [1.807, 2.05) is 0 Å². The van der Waals surface area contributed by atoms with Crippen LogP contribution in [0.1, 0.15) is 37.5 Å². The third kappa shape index (κ3) is 6.38. The molecule has 0 bridgehead atoms. The van der Waals surface area contributed by atoms with Gasteiger partial charge in [-0.3, -0.25) is 0 Å². The first-order valence-electron chi connectivity index (χ1n) is 15.5. The minimum absolute atomic E-state index is 0.0610. The van der Waals surface area contributed by atoms with Gasteiger partial charge in [-0.25, -0.2) is 0 Å². The Morgan fingerprint density at radius 1 is 0.444 bits per heavy atom. The summed E-state index contributed by atoms with van der Waals surface area (Å²) in [5.74, 6) is 0. The summed E-state index contributed by atoms with van der Waals surface area (Å²) in [5, 5.41) is 0.668. The Morgan fingerprint density at radius 2 is 0.889 bits per heavy atom. The maximum atomic E-state index is 7.58. The van der Waals surface area contributed by atoms with Crippen LogP contribution in [0.15, 0.2) is 146 Å². The maximum absolute atomic E-state index is 7.58. The largest absolute Gasteiger partial charge is 0.309 e. The van der Waals surface area contributed by atoms with Crippen molar-refractivity contribution in [2.24, 2.45) is 0 Å². The van der Waals surface area contributed by atoms with Crippen LogP contribution < -0.4 is 9.80 Å². The first kappa shape index (κ1) is 30.2. The SMILES string of the molecule is Cc1ccc(N(c2ccc(C(C)(C)C)cc2)c2cccc(N(c3ccc(C)cc3)c3ccccc3-c3ccccc3)c2Cl)cc1. The third-order valence-electron chi connectivity index (χ3n) is 8.25. The molecule has 0 fully saturated rings. The molecular formula is C42H39ClN2. The molecule has 0 amide bonds. The molecule has 0 aromatic heterocycles. The van der Waals surface area contributed by atoms with Gasteiger partial charge in [-0.15, -0.1) is 0 Å². The molecule has 0 aliphatic heterocycles. The van der Waals surface area contributed by atoms with Gasteiger partial charge in [0.05, 0.1) is 22.1 Å². The van der Waals surface area contributed by atoms with Crippen molar-refractivity contribution in [2.75, 3.05) is 9.80 Å². The first-order chi connectivity index (χ1) is 21.7. The number of nitrogens with zero attached hydrogens (tertiary/aromatic N) is 2. The van der Waals surface area contributed by atoms with Crippen LogP contribution in [0.4, 0.5) is 34.1 Å². The molecule has 2 nitrogen and oxygen atoms in total. The van der Waals surface area contributed by atoms with Crippen molar-refractivity contribution < 1.29 is 0 Å². The van der Waals surface area contributed by atoms with E-state index in [1.54, 1.807) is 0 Å². The normalized spacial score (nSPS) is 11.3. The van der Waals surface area contributed by atoms with Gasteiger partial charge >= 0.3 is 0 Å². The number of halogens is 1.